The van der Waals surface area contributed by atoms with Gasteiger partial charge in [-0.2, -0.15) is 18.4 Å². The molecule has 4 rings (SSSR count). The molecule has 1 aromatic carbocycles. The molecule has 0 aliphatic carbocycles. The Bertz CT molecular complexity index is 1070. The van der Waals surface area contributed by atoms with Gasteiger partial charge in [-0.25, -0.2) is 0 Å². The predicted octanol–water partition coefficient (Wildman–Crippen LogP) is 3.73. The Morgan fingerprint density at radius 1 is 1.21 bits per heavy atom. The molecule has 1 amide bonds. The lowest BCUT2D eigenvalue weighted by molar-refractivity contribution is -0.137. The highest BCUT2D eigenvalue weighted by Crippen LogP contribution is 2.40. The van der Waals surface area contributed by atoms with Crippen LogP contribution in [0.25, 0.3) is 0 Å². The summed E-state index contributed by atoms with van der Waals surface area (Å²) in [5.41, 5.74) is 6.86. The Hall–Kier alpha value is -3.12. The van der Waals surface area contributed by atoms with Gasteiger partial charge in [0.1, 0.15) is 0 Å². The van der Waals surface area contributed by atoms with Gasteiger partial charge in [0.2, 0.25) is 5.91 Å². The summed E-state index contributed by atoms with van der Waals surface area (Å²) in [4.78, 5) is 20.9. The molecule has 2 saturated heterocycles. The summed E-state index contributed by atoms with van der Waals surface area (Å²) in [5, 5.41) is 9.06. The zero-order valence-electron chi connectivity index (χ0n) is 19.1. The number of primary amides is 1. The zero-order chi connectivity index (χ0) is 24.5. The number of nitriles is 1. The van der Waals surface area contributed by atoms with Crippen LogP contribution >= 0.6 is 0 Å². The highest BCUT2D eigenvalue weighted by atomic mass is 19.4. The molecule has 3 heterocycles. The third kappa shape index (κ3) is 5.17. The van der Waals surface area contributed by atoms with Crippen molar-refractivity contribution in [2.24, 2.45) is 23.5 Å². The van der Waals surface area contributed by atoms with Gasteiger partial charge in [-0.3, -0.25) is 14.7 Å². The summed E-state index contributed by atoms with van der Waals surface area (Å²) in [7, 11) is 0. The topological polar surface area (TPSA) is 86.2 Å². The van der Waals surface area contributed by atoms with E-state index in [1.807, 2.05) is 25.3 Å². The molecule has 2 aromatic rings. The first-order valence-electron chi connectivity index (χ1n) is 11.4. The monoisotopic (exact) mass is 471 g/mol. The first-order chi connectivity index (χ1) is 16.2. The molecule has 2 atom stereocenters. The van der Waals surface area contributed by atoms with Crippen molar-refractivity contribution in [2.75, 3.05) is 31.1 Å². The Morgan fingerprint density at radius 3 is 2.53 bits per heavy atom. The van der Waals surface area contributed by atoms with Crippen LogP contribution in [0.5, 0.6) is 0 Å². The van der Waals surface area contributed by atoms with E-state index in [9.17, 15) is 18.0 Å². The first kappa shape index (κ1) is 24.0. The molecule has 180 valence electrons. The van der Waals surface area contributed by atoms with Crippen LogP contribution in [0.4, 0.5) is 18.9 Å². The number of carbonyl (C=O) groups excluding carboxylic acids is 1. The number of alkyl halides is 3. The van der Waals surface area contributed by atoms with E-state index in [-0.39, 0.29) is 18.4 Å². The summed E-state index contributed by atoms with van der Waals surface area (Å²) >= 11 is 0. The fourth-order valence-corrected chi connectivity index (χ4v) is 5.24. The lowest BCUT2D eigenvalue weighted by Gasteiger charge is -2.36. The van der Waals surface area contributed by atoms with E-state index in [0.29, 0.717) is 12.2 Å². The average Bonchev–Trinajstić information content (AvgIpc) is 3.26. The Balaban J connectivity index is 1.45. The number of nitrogens with two attached hydrogens (primary N) is 1. The van der Waals surface area contributed by atoms with Crippen LogP contribution in [0.2, 0.25) is 0 Å². The van der Waals surface area contributed by atoms with Gasteiger partial charge in [0.05, 0.1) is 28.8 Å². The molecule has 1 aromatic heterocycles. The number of nitrogens with zero attached hydrogens (tertiary/aromatic N) is 4. The number of hydrogen-bond donors (Lipinski definition) is 1. The summed E-state index contributed by atoms with van der Waals surface area (Å²) in [6.45, 7) is 5.28. The lowest BCUT2D eigenvalue weighted by atomic mass is 9.78. The van der Waals surface area contributed by atoms with E-state index in [1.165, 1.54) is 12.1 Å². The predicted molar refractivity (Wildman–Crippen MR) is 122 cm³/mol. The Labute approximate surface area is 197 Å². The van der Waals surface area contributed by atoms with Gasteiger partial charge in [0, 0.05) is 31.5 Å². The van der Waals surface area contributed by atoms with Crippen LogP contribution in [0.1, 0.15) is 35.2 Å². The van der Waals surface area contributed by atoms with Crippen molar-refractivity contribution in [3.8, 4) is 6.07 Å². The second-order valence-electron chi connectivity index (χ2n) is 9.36. The molecule has 0 unspecified atom stereocenters. The summed E-state index contributed by atoms with van der Waals surface area (Å²) in [6.07, 6.45) is -0.965. The van der Waals surface area contributed by atoms with Crippen molar-refractivity contribution in [2.45, 2.75) is 32.5 Å². The third-order valence-corrected chi connectivity index (χ3v) is 7.12. The van der Waals surface area contributed by atoms with Gasteiger partial charge in [-0.1, -0.05) is 6.07 Å². The van der Waals surface area contributed by atoms with Crippen molar-refractivity contribution in [1.82, 2.24) is 9.88 Å². The maximum absolute atomic E-state index is 13.4. The SMILES string of the molecule is Cc1ccc(CN2CCC([C@@H]3CN(c4ccc(C#N)c(C(F)(F)F)c4)C[C@H]3C(N)=O)CC2)nc1. The van der Waals surface area contributed by atoms with E-state index in [4.69, 9.17) is 11.0 Å². The molecule has 6 nitrogen and oxygen atoms in total. The maximum atomic E-state index is 13.4. The number of aromatic nitrogens is 1. The lowest BCUT2D eigenvalue weighted by Crippen LogP contribution is -2.40. The molecule has 0 spiro atoms. The molecular formula is C25H28F3N5O. The van der Waals surface area contributed by atoms with E-state index in [0.717, 1.165) is 49.8 Å². The number of rotatable bonds is 5. The normalized spacial score (nSPS) is 22.0. The van der Waals surface area contributed by atoms with Crippen LogP contribution in [-0.2, 0) is 17.5 Å². The van der Waals surface area contributed by atoms with Gasteiger partial charge >= 0.3 is 6.18 Å². The maximum Gasteiger partial charge on any atom is 0.417 e. The largest absolute Gasteiger partial charge is 0.417 e. The number of halogens is 3. The zero-order valence-corrected chi connectivity index (χ0v) is 19.1. The second-order valence-corrected chi connectivity index (χ2v) is 9.36. The van der Waals surface area contributed by atoms with Gasteiger partial charge in [-0.15, -0.1) is 0 Å². The summed E-state index contributed by atoms with van der Waals surface area (Å²) in [5.74, 6) is -0.573. The smallest absolute Gasteiger partial charge is 0.370 e. The number of anilines is 1. The highest BCUT2D eigenvalue weighted by molar-refractivity contribution is 5.79. The molecular weight excluding hydrogens is 443 g/mol. The number of pyridine rings is 1. The van der Waals surface area contributed by atoms with Crippen LogP contribution < -0.4 is 10.6 Å². The Morgan fingerprint density at radius 2 is 1.94 bits per heavy atom. The quantitative estimate of drug-likeness (QED) is 0.718. The van der Waals surface area contributed by atoms with E-state index < -0.39 is 29.1 Å². The van der Waals surface area contributed by atoms with Crippen molar-refractivity contribution >= 4 is 11.6 Å². The molecule has 9 heteroatoms. The van der Waals surface area contributed by atoms with Crippen LogP contribution in [0, 0.1) is 36.0 Å². The van der Waals surface area contributed by atoms with Gasteiger partial charge in [-0.05, 0) is 74.5 Å². The molecule has 0 bridgehead atoms. The molecule has 2 fully saturated rings. The van der Waals surface area contributed by atoms with Gasteiger partial charge in [0.15, 0.2) is 0 Å². The van der Waals surface area contributed by atoms with E-state index in [2.05, 4.69) is 9.88 Å². The van der Waals surface area contributed by atoms with Gasteiger partial charge in [0.25, 0.3) is 0 Å². The molecule has 2 aliphatic heterocycles. The number of piperidine rings is 1. The minimum Gasteiger partial charge on any atom is -0.370 e. The summed E-state index contributed by atoms with van der Waals surface area (Å²) < 4.78 is 40.3. The number of hydrogen-bond acceptors (Lipinski definition) is 5. The second kappa shape index (κ2) is 9.63. The standard InChI is InChI=1S/C25H28F3N5O/c1-16-2-4-19(31-12-16)13-32-8-6-17(7-9-32)21-14-33(15-22(21)24(30)34)20-5-3-18(11-29)23(10-20)25(26,27)28/h2-5,10,12,17,21-22H,6-9,13-15H2,1H3,(H2,30,34)/t21-,22+/m0/s1. The van der Waals surface area contributed by atoms with Gasteiger partial charge < -0.3 is 10.6 Å². The first-order valence-corrected chi connectivity index (χ1v) is 11.4. The minimum atomic E-state index is -4.62. The van der Waals surface area contributed by atoms with Crippen LogP contribution in [0.3, 0.4) is 0 Å². The average molecular weight is 472 g/mol. The highest BCUT2D eigenvalue weighted by Gasteiger charge is 2.42. The fourth-order valence-electron chi connectivity index (χ4n) is 5.24. The summed E-state index contributed by atoms with van der Waals surface area (Å²) in [6, 6.07) is 9.42. The molecule has 2 aliphatic rings. The van der Waals surface area contributed by atoms with Crippen molar-refractivity contribution < 1.29 is 18.0 Å². The van der Waals surface area contributed by atoms with Crippen molar-refractivity contribution in [1.29, 1.82) is 5.26 Å². The number of likely N-dealkylation sites (tertiary alicyclic amines) is 1. The van der Waals surface area contributed by atoms with Crippen LogP contribution in [-0.4, -0.2) is 42.0 Å². The molecule has 2 N–H and O–H groups in total. The third-order valence-electron chi connectivity index (χ3n) is 7.12. The van der Waals surface area contributed by atoms with Crippen molar-refractivity contribution in [3.63, 3.8) is 0 Å². The molecule has 34 heavy (non-hydrogen) atoms. The van der Waals surface area contributed by atoms with Crippen molar-refractivity contribution in [3.05, 3.63) is 58.9 Å². The number of carbonyl (C=O) groups is 1. The van der Waals surface area contributed by atoms with Crippen LogP contribution in [0.15, 0.2) is 36.5 Å². The Kier molecular flexibility index (Phi) is 6.80. The molecule has 0 radical (unpaired) electrons. The number of amides is 1. The fraction of sp³-hybridized carbons (Fsp3) is 0.480. The number of benzene rings is 1. The van der Waals surface area contributed by atoms with E-state index >= 15 is 0 Å². The minimum absolute atomic E-state index is 0.0119. The molecule has 0 saturated carbocycles. The number of aryl methyl sites for hydroxylation is 1. The van der Waals surface area contributed by atoms with E-state index in [1.54, 1.807) is 11.0 Å².